The lowest BCUT2D eigenvalue weighted by Gasteiger charge is -2.12. The summed E-state index contributed by atoms with van der Waals surface area (Å²) in [6, 6.07) is 7.93. The van der Waals surface area contributed by atoms with Gasteiger partial charge in [0.25, 0.3) is 5.56 Å². The molecule has 5 nitrogen and oxygen atoms in total. The minimum Gasteiger partial charge on any atom is -0.492 e. The van der Waals surface area contributed by atoms with Gasteiger partial charge in [0.2, 0.25) is 5.88 Å². The fourth-order valence-corrected chi connectivity index (χ4v) is 2.93. The predicted octanol–water partition coefficient (Wildman–Crippen LogP) is 3.31. The zero-order valence-electron chi connectivity index (χ0n) is 13.6. The first-order valence-electron chi connectivity index (χ1n) is 7.85. The second-order valence-corrected chi connectivity index (χ2v) is 6.36. The van der Waals surface area contributed by atoms with Crippen molar-refractivity contribution in [2.45, 2.75) is 33.1 Å². The Balaban J connectivity index is 2.04. The van der Waals surface area contributed by atoms with Crippen LogP contribution in [0.1, 0.15) is 43.6 Å². The maximum absolute atomic E-state index is 12.4. The average molecular weight is 311 g/mol. The summed E-state index contributed by atoms with van der Waals surface area (Å²) in [5.74, 6) is 0.0316. The van der Waals surface area contributed by atoms with E-state index in [0.717, 1.165) is 16.5 Å². The number of rotatable bonds is 4. The number of benzene rings is 1. The van der Waals surface area contributed by atoms with Crippen molar-refractivity contribution in [1.29, 1.82) is 0 Å². The Bertz CT molecular complexity index is 893. The van der Waals surface area contributed by atoms with Gasteiger partial charge in [-0.15, -0.1) is 0 Å². The number of aromatic amines is 2. The molecule has 23 heavy (non-hydrogen) atoms. The Hall–Kier alpha value is -2.56. The molecule has 2 aromatic heterocycles. The van der Waals surface area contributed by atoms with Crippen molar-refractivity contribution < 1.29 is 5.11 Å². The van der Waals surface area contributed by atoms with Gasteiger partial charge in [-0.3, -0.25) is 4.79 Å². The van der Waals surface area contributed by atoms with Crippen LogP contribution in [0.2, 0.25) is 0 Å². The van der Waals surface area contributed by atoms with E-state index in [-0.39, 0.29) is 17.4 Å². The highest BCUT2D eigenvalue weighted by molar-refractivity contribution is 5.83. The van der Waals surface area contributed by atoms with Crippen LogP contribution < -0.4 is 5.56 Å². The quantitative estimate of drug-likeness (QED) is 0.691. The van der Waals surface area contributed by atoms with Crippen molar-refractivity contribution in [3.8, 4) is 5.88 Å². The summed E-state index contributed by atoms with van der Waals surface area (Å²) >= 11 is 0. The molecule has 0 aliphatic carbocycles. The second kappa shape index (κ2) is 5.91. The molecule has 0 aliphatic rings. The fraction of sp³-hybridized carbons (Fsp3) is 0.333. The maximum atomic E-state index is 12.4. The van der Waals surface area contributed by atoms with Gasteiger partial charge in [0, 0.05) is 23.0 Å². The van der Waals surface area contributed by atoms with Crippen molar-refractivity contribution in [3.63, 3.8) is 0 Å². The lowest BCUT2D eigenvalue weighted by atomic mass is 9.97. The normalized spacial score (nSPS) is 12.9. The number of nitrogens with one attached hydrogen (secondary N) is 2. The zero-order chi connectivity index (χ0) is 16.6. The molecule has 0 fully saturated rings. The number of hydrogen-bond donors (Lipinski definition) is 3. The maximum Gasteiger partial charge on any atom is 0.270 e. The molecule has 5 heteroatoms. The van der Waals surface area contributed by atoms with Gasteiger partial charge in [-0.05, 0) is 24.0 Å². The molecule has 0 amide bonds. The van der Waals surface area contributed by atoms with E-state index in [2.05, 4.69) is 15.0 Å². The largest absolute Gasteiger partial charge is 0.492 e. The van der Waals surface area contributed by atoms with Crippen molar-refractivity contribution in [2.24, 2.45) is 5.92 Å². The molecule has 2 heterocycles. The molecule has 1 atom stereocenters. The Morgan fingerprint density at radius 1 is 1.22 bits per heavy atom. The van der Waals surface area contributed by atoms with Gasteiger partial charge in [-0.2, -0.15) is 0 Å². The molecule has 0 aliphatic heterocycles. The molecule has 3 N–H and O–H groups in total. The lowest BCUT2D eigenvalue weighted by Crippen LogP contribution is -2.20. The van der Waals surface area contributed by atoms with Gasteiger partial charge in [0.1, 0.15) is 5.69 Å². The highest BCUT2D eigenvalue weighted by atomic mass is 16.3. The van der Waals surface area contributed by atoms with Crippen LogP contribution >= 0.6 is 0 Å². The Morgan fingerprint density at radius 3 is 2.70 bits per heavy atom. The number of para-hydroxylation sites is 1. The van der Waals surface area contributed by atoms with E-state index in [1.165, 1.54) is 0 Å². The van der Waals surface area contributed by atoms with Crippen LogP contribution in [0, 0.1) is 5.92 Å². The van der Waals surface area contributed by atoms with Gasteiger partial charge in [0.05, 0.1) is 5.69 Å². The summed E-state index contributed by atoms with van der Waals surface area (Å²) in [5, 5.41) is 11.2. The predicted molar refractivity (Wildman–Crippen MR) is 90.9 cm³/mol. The summed E-state index contributed by atoms with van der Waals surface area (Å²) in [4.78, 5) is 22.6. The zero-order valence-corrected chi connectivity index (χ0v) is 13.6. The Kier molecular flexibility index (Phi) is 3.94. The van der Waals surface area contributed by atoms with Crippen molar-refractivity contribution in [3.05, 3.63) is 57.8 Å². The summed E-state index contributed by atoms with van der Waals surface area (Å²) in [5.41, 5.74) is 2.61. The first-order chi connectivity index (χ1) is 11.0. The first kappa shape index (κ1) is 15.3. The molecule has 0 saturated carbocycles. The SMILES string of the molecule is CC(C)Cc1[nH]c(=O)c(C(C)c2c[nH]c3ccccc23)nc1O. The molecule has 0 saturated heterocycles. The van der Waals surface area contributed by atoms with E-state index < -0.39 is 0 Å². The van der Waals surface area contributed by atoms with Crippen molar-refractivity contribution >= 4 is 10.9 Å². The highest BCUT2D eigenvalue weighted by Gasteiger charge is 2.20. The Morgan fingerprint density at radius 2 is 1.96 bits per heavy atom. The van der Waals surface area contributed by atoms with Gasteiger partial charge >= 0.3 is 0 Å². The fourth-order valence-electron chi connectivity index (χ4n) is 2.93. The van der Waals surface area contributed by atoms with Gasteiger partial charge in [-0.25, -0.2) is 4.98 Å². The molecular formula is C18H21N3O2. The van der Waals surface area contributed by atoms with E-state index in [0.29, 0.717) is 23.7 Å². The minimum atomic E-state index is -0.240. The molecule has 120 valence electrons. The molecule has 1 aromatic carbocycles. The first-order valence-corrected chi connectivity index (χ1v) is 7.85. The Labute approximate surface area is 134 Å². The van der Waals surface area contributed by atoms with E-state index in [4.69, 9.17) is 0 Å². The van der Waals surface area contributed by atoms with Crippen molar-refractivity contribution in [2.75, 3.05) is 0 Å². The molecule has 0 bridgehead atoms. The van der Waals surface area contributed by atoms with Crippen LogP contribution in [-0.2, 0) is 6.42 Å². The molecule has 3 rings (SSSR count). The van der Waals surface area contributed by atoms with E-state index >= 15 is 0 Å². The number of hydrogen-bond acceptors (Lipinski definition) is 3. The van der Waals surface area contributed by atoms with E-state index in [9.17, 15) is 9.90 Å². The third-order valence-corrected chi connectivity index (χ3v) is 4.10. The lowest BCUT2D eigenvalue weighted by molar-refractivity contribution is 0.430. The van der Waals surface area contributed by atoms with E-state index in [1.54, 1.807) is 0 Å². The van der Waals surface area contributed by atoms with Crippen LogP contribution in [0.5, 0.6) is 5.88 Å². The molecule has 0 radical (unpaired) electrons. The number of fused-ring (bicyclic) bond motifs is 1. The second-order valence-electron chi connectivity index (χ2n) is 6.36. The molecular weight excluding hydrogens is 290 g/mol. The summed E-state index contributed by atoms with van der Waals surface area (Å²) in [6.45, 7) is 5.98. The van der Waals surface area contributed by atoms with E-state index in [1.807, 2.05) is 51.2 Å². The van der Waals surface area contributed by atoms with Gasteiger partial charge in [0.15, 0.2) is 0 Å². The number of aromatic nitrogens is 3. The van der Waals surface area contributed by atoms with Crippen molar-refractivity contribution in [1.82, 2.24) is 15.0 Å². The molecule has 1 unspecified atom stereocenters. The van der Waals surface area contributed by atoms with Crippen LogP contribution in [0.4, 0.5) is 0 Å². The topological polar surface area (TPSA) is 81.8 Å². The third-order valence-electron chi connectivity index (χ3n) is 4.10. The highest BCUT2D eigenvalue weighted by Crippen LogP contribution is 2.29. The third kappa shape index (κ3) is 2.86. The molecule has 3 aromatic rings. The smallest absolute Gasteiger partial charge is 0.270 e. The van der Waals surface area contributed by atoms with Gasteiger partial charge < -0.3 is 15.1 Å². The number of H-pyrrole nitrogens is 2. The van der Waals surface area contributed by atoms with Crippen LogP contribution in [0.3, 0.4) is 0 Å². The average Bonchev–Trinajstić information content (AvgIpc) is 2.93. The summed E-state index contributed by atoms with van der Waals surface area (Å²) in [7, 11) is 0. The minimum absolute atomic E-state index is 0.0833. The number of aromatic hydroxyl groups is 1. The molecule has 0 spiro atoms. The number of nitrogens with zero attached hydrogens (tertiary/aromatic N) is 1. The van der Waals surface area contributed by atoms with Crippen LogP contribution in [-0.4, -0.2) is 20.1 Å². The van der Waals surface area contributed by atoms with Gasteiger partial charge in [-0.1, -0.05) is 39.0 Å². The van der Waals surface area contributed by atoms with Crippen LogP contribution in [0.15, 0.2) is 35.3 Å². The summed E-state index contributed by atoms with van der Waals surface area (Å²) < 4.78 is 0. The standard InChI is InChI=1S/C18H21N3O2/c1-10(2)8-15-17(22)21-16(18(23)20-15)11(3)13-9-19-14-7-5-4-6-12(13)14/h4-7,9-11,19H,8H2,1-3H3,(H,20,23)(H,21,22). The summed E-state index contributed by atoms with van der Waals surface area (Å²) in [6.07, 6.45) is 2.49. The monoisotopic (exact) mass is 311 g/mol. The van der Waals surface area contributed by atoms with Crippen LogP contribution in [0.25, 0.3) is 10.9 Å².